The van der Waals surface area contributed by atoms with Crippen LogP contribution in [-0.4, -0.2) is 46.2 Å². The lowest BCUT2D eigenvalue weighted by Crippen LogP contribution is -2.15. The lowest BCUT2D eigenvalue weighted by atomic mass is 10.1. The first-order chi connectivity index (χ1) is 15.4. The zero-order valence-electron chi connectivity index (χ0n) is 16.9. The van der Waals surface area contributed by atoms with Crippen LogP contribution in [0.5, 0.6) is 11.9 Å². The normalized spacial score (nSPS) is 9.66. The van der Waals surface area contributed by atoms with Gasteiger partial charge in [-0.1, -0.05) is 11.8 Å². The zero-order chi connectivity index (χ0) is 23.1. The number of carbonyl (C=O) groups is 2. The summed E-state index contributed by atoms with van der Waals surface area (Å²) in [5.74, 6) is 4.08. The first kappa shape index (κ1) is 21.7. The van der Waals surface area contributed by atoms with Crippen LogP contribution in [0.3, 0.4) is 0 Å². The van der Waals surface area contributed by atoms with Crippen molar-refractivity contribution in [3.8, 4) is 29.8 Å². The van der Waals surface area contributed by atoms with Crippen LogP contribution < -0.4 is 14.8 Å². The first-order valence-electron chi connectivity index (χ1n) is 8.96. The maximum atomic E-state index is 12.6. The molecule has 0 spiro atoms. The molecule has 0 bridgehead atoms. The van der Waals surface area contributed by atoms with E-state index in [0.717, 1.165) is 0 Å². The number of pyridine rings is 1. The number of hydrogen-bond donors (Lipinski definition) is 2. The summed E-state index contributed by atoms with van der Waals surface area (Å²) in [4.78, 5) is 36.1. The Balaban J connectivity index is 1.85. The molecule has 0 aliphatic heterocycles. The molecular formula is C22H15N5O5. The number of methoxy groups -OCH3 is 2. The van der Waals surface area contributed by atoms with Gasteiger partial charge in [-0.25, -0.2) is 9.78 Å². The van der Waals surface area contributed by atoms with Crippen LogP contribution in [0.25, 0.3) is 0 Å². The maximum absolute atomic E-state index is 12.6. The average Bonchev–Trinajstić information content (AvgIpc) is 2.82. The Morgan fingerprint density at radius 3 is 2.56 bits per heavy atom. The highest BCUT2D eigenvalue weighted by Gasteiger charge is 2.15. The summed E-state index contributed by atoms with van der Waals surface area (Å²) in [6.45, 7) is 0. The van der Waals surface area contributed by atoms with Gasteiger partial charge in [0.15, 0.2) is 0 Å². The fraction of sp³-hybridized carbons (Fsp3) is 0.0909. The number of nitrogens with zero attached hydrogens (tertiary/aromatic N) is 4. The molecule has 2 aromatic heterocycles. The molecule has 10 heteroatoms. The van der Waals surface area contributed by atoms with Crippen molar-refractivity contribution in [2.24, 2.45) is 0 Å². The minimum atomic E-state index is -1.27. The molecule has 3 aromatic rings. The van der Waals surface area contributed by atoms with Crippen molar-refractivity contribution in [3.05, 3.63) is 70.7 Å². The lowest BCUT2D eigenvalue weighted by Gasteiger charge is -2.09. The Hall–Kier alpha value is -4.96. The molecule has 1 aromatic carbocycles. The van der Waals surface area contributed by atoms with Crippen molar-refractivity contribution in [1.29, 1.82) is 5.26 Å². The van der Waals surface area contributed by atoms with E-state index < -0.39 is 11.9 Å². The number of carbonyl (C=O) groups excluding carboxylic acids is 1. The molecule has 1 amide bonds. The van der Waals surface area contributed by atoms with Crippen LogP contribution in [0.4, 0.5) is 5.69 Å². The van der Waals surface area contributed by atoms with E-state index in [-0.39, 0.29) is 34.3 Å². The van der Waals surface area contributed by atoms with Crippen molar-refractivity contribution >= 4 is 17.6 Å². The molecule has 0 radical (unpaired) electrons. The number of nitriles is 1. The highest BCUT2D eigenvalue weighted by atomic mass is 16.5. The number of anilines is 1. The summed E-state index contributed by atoms with van der Waals surface area (Å²) in [5, 5.41) is 20.8. The predicted octanol–water partition coefficient (Wildman–Crippen LogP) is 2.11. The standard InChI is InChI=1S/C22H15N5O5/c1-31-20-15(12-25-22(27-20)32-2)5-3-14-7-16(11-24-10-14)19(28)26-18-6-4-13(9-23)8-17(18)21(29)30/h4,6-8,10-12H,1-2H3,(H,26,28)(H,29,30). The van der Waals surface area contributed by atoms with Gasteiger partial charge in [-0.05, 0) is 24.3 Å². The van der Waals surface area contributed by atoms with Crippen LogP contribution in [-0.2, 0) is 0 Å². The van der Waals surface area contributed by atoms with Gasteiger partial charge < -0.3 is 19.9 Å². The maximum Gasteiger partial charge on any atom is 0.337 e. The van der Waals surface area contributed by atoms with Crippen LogP contribution >= 0.6 is 0 Å². The number of aromatic carboxylic acids is 1. The minimum Gasteiger partial charge on any atom is -0.480 e. The SMILES string of the molecule is COc1ncc(C#Cc2cncc(C(=O)Nc3ccc(C#N)cc3C(=O)O)c2)c(OC)n1. The van der Waals surface area contributed by atoms with Crippen LogP contribution in [0, 0.1) is 23.2 Å². The third-order valence-corrected chi connectivity index (χ3v) is 4.08. The van der Waals surface area contributed by atoms with Crippen molar-refractivity contribution < 1.29 is 24.2 Å². The summed E-state index contributed by atoms with van der Waals surface area (Å²) in [7, 11) is 2.87. The molecular weight excluding hydrogens is 414 g/mol. The van der Waals surface area contributed by atoms with Gasteiger partial charge in [-0.2, -0.15) is 10.2 Å². The number of carboxylic acid groups (broad SMARTS) is 1. The summed E-state index contributed by atoms with van der Waals surface area (Å²) < 4.78 is 10.1. The van der Waals surface area contributed by atoms with Gasteiger partial charge in [0, 0.05) is 18.0 Å². The third-order valence-electron chi connectivity index (χ3n) is 4.08. The number of aromatic nitrogens is 3. The first-order valence-corrected chi connectivity index (χ1v) is 8.96. The molecule has 32 heavy (non-hydrogen) atoms. The van der Waals surface area contributed by atoms with E-state index in [0.29, 0.717) is 11.1 Å². The Labute approximate surface area is 182 Å². The van der Waals surface area contributed by atoms with Gasteiger partial charge in [0.1, 0.15) is 5.56 Å². The number of nitrogens with one attached hydrogen (secondary N) is 1. The van der Waals surface area contributed by atoms with Crippen LogP contribution in [0.15, 0.2) is 42.9 Å². The lowest BCUT2D eigenvalue weighted by molar-refractivity contribution is 0.0698. The van der Waals surface area contributed by atoms with Gasteiger partial charge in [0.25, 0.3) is 5.91 Å². The summed E-state index contributed by atoms with van der Waals surface area (Å²) in [6, 6.07) is 7.44. The molecule has 0 aliphatic carbocycles. The Morgan fingerprint density at radius 2 is 1.88 bits per heavy atom. The monoisotopic (exact) mass is 429 g/mol. The van der Waals surface area contributed by atoms with Gasteiger partial charge >= 0.3 is 12.0 Å². The zero-order valence-corrected chi connectivity index (χ0v) is 16.9. The van der Waals surface area contributed by atoms with E-state index in [1.54, 1.807) is 0 Å². The van der Waals surface area contributed by atoms with E-state index in [1.165, 1.54) is 57.1 Å². The van der Waals surface area contributed by atoms with Crippen molar-refractivity contribution in [2.75, 3.05) is 19.5 Å². The van der Waals surface area contributed by atoms with Crippen molar-refractivity contribution in [2.45, 2.75) is 0 Å². The Bertz CT molecular complexity index is 1300. The Kier molecular flexibility index (Phi) is 6.59. The Morgan fingerprint density at radius 1 is 1.06 bits per heavy atom. The molecule has 0 aliphatic rings. The van der Waals surface area contributed by atoms with E-state index in [2.05, 4.69) is 32.1 Å². The highest BCUT2D eigenvalue weighted by Crippen LogP contribution is 2.19. The molecule has 0 atom stereocenters. The van der Waals surface area contributed by atoms with Crippen molar-refractivity contribution in [1.82, 2.24) is 15.0 Å². The van der Waals surface area contributed by atoms with Crippen molar-refractivity contribution in [3.63, 3.8) is 0 Å². The third kappa shape index (κ3) is 4.96. The van der Waals surface area contributed by atoms with E-state index in [1.807, 2.05) is 6.07 Å². The number of rotatable bonds is 5. The molecule has 10 nitrogen and oxygen atoms in total. The molecule has 3 rings (SSSR count). The smallest absolute Gasteiger partial charge is 0.337 e. The highest BCUT2D eigenvalue weighted by molar-refractivity contribution is 6.07. The summed E-state index contributed by atoms with van der Waals surface area (Å²) >= 11 is 0. The molecule has 2 heterocycles. The molecule has 0 saturated carbocycles. The summed E-state index contributed by atoms with van der Waals surface area (Å²) in [6.07, 6.45) is 4.23. The second kappa shape index (κ2) is 9.69. The van der Waals surface area contributed by atoms with E-state index >= 15 is 0 Å². The van der Waals surface area contributed by atoms with Crippen LogP contribution in [0.1, 0.15) is 37.4 Å². The number of ether oxygens (including phenoxy) is 2. The number of benzene rings is 1. The second-order valence-corrected chi connectivity index (χ2v) is 6.12. The van der Waals surface area contributed by atoms with Gasteiger partial charge in [-0.15, -0.1) is 0 Å². The minimum absolute atomic E-state index is 0.0538. The van der Waals surface area contributed by atoms with E-state index in [4.69, 9.17) is 14.7 Å². The number of amides is 1. The van der Waals surface area contributed by atoms with Crippen LogP contribution in [0.2, 0.25) is 0 Å². The predicted molar refractivity (Wildman–Crippen MR) is 111 cm³/mol. The fourth-order valence-electron chi connectivity index (χ4n) is 2.56. The van der Waals surface area contributed by atoms with Gasteiger partial charge in [0.05, 0.1) is 48.9 Å². The quantitative estimate of drug-likeness (QED) is 0.582. The average molecular weight is 429 g/mol. The molecule has 2 N–H and O–H groups in total. The fourth-order valence-corrected chi connectivity index (χ4v) is 2.56. The van der Waals surface area contributed by atoms with Gasteiger partial charge in [-0.3, -0.25) is 9.78 Å². The topological polar surface area (TPSA) is 147 Å². The molecule has 0 saturated heterocycles. The number of carboxylic acids is 1. The largest absolute Gasteiger partial charge is 0.480 e. The number of hydrogen-bond acceptors (Lipinski definition) is 8. The second-order valence-electron chi connectivity index (χ2n) is 6.12. The summed E-state index contributed by atoms with van der Waals surface area (Å²) in [5.41, 5.74) is 1.01. The van der Waals surface area contributed by atoms with E-state index in [9.17, 15) is 14.7 Å². The molecule has 0 unspecified atom stereocenters. The molecule has 158 valence electrons. The molecule has 0 fully saturated rings. The van der Waals surface area contributed by atoms with Gasteiger partial charge in [0.2, 0.25) is 5.88 Å².